The van der Waals surface area contributed by atoms with Crippen LogP contribution in [0.15, 0.2) is 200 Å². The first-order valence-electron chi connectivity index (χ1n) is 18.9. The predicted octanol–water partition coefficient (Wildman–Crippen LogP) is 12.7. The van der Waals surface area contributed by atoms with Gasteiger partial charge in [0.2, 0.25) is 5.95 Å². The van der Waals surface area contributed by atoms with Gasteiger partial charge in [-0.25, -0.2) is 4.98 Å². The van der Waals surface area contributed by atoms with E-state index in [9.17, 15) is 0 Å². The average molecular weight is 716 g/mol. The van der Waals surface area contributed by atoms with Crippen LogP contribution >= 0.6 is 0 Å². The molecule has 0 aliphatic carbocycles. The summed E-state index contributed by atoms with van der Waals surface area (Å²) in [6.07, 6.45) is 0. The van der Waals surface area contributed by atoms with Crippen molar-refractivity contribution >= 4 is 43.6 Å². The molecule has 11 aromatic rings. The Hall–Kier alpha value is -7.63. The summed E-state index contributed by atoms with van der Waals surface area (Å²) in [5, 5.41) is 4.69. The molecular formula is C51H33N5. The Labute approximate surface area is 323 Å². The van der Waals surface area contributed by atoms with E-state index in [0.717, 1.165) is 61.0 Å². The Balaban J connectivity index is 1.26. The minimum atomic E-state index is 0.565. The highest BCUT2D eigenvalue weighted by Gasteiger charge is 2.25. The summed E-state index contributed by atoms with van der Waals surface area (Å²) < 4.78 is 4.66. The molecule has 0 aliphatic heterocycles. The number of aromatic nitrogens is 5. The average Bonchev–Trinajstić information content (AvgIpc) is 3.80. The molecule has 262 valence electrons. The maximum atomic E-state index is 5.34. The van der Waals surface area contributed by atoms with Crippen molar-refractivity contribution in [3.05, 3.63) is 200 Å². The standard InChI is InChI=1S/C51H33N5/c1-5-17-34(18-6-1)35-29-31-38(32-30-35)50-52-49(37-21-9-3-10-22-37)53-51(54-50)56-44-28-16-14-26-41(44)47-46-40-25-13-15-27-43(40)55(39-23-11-4-12-24-39)45(46)33-42(48(47)56)36-19-7-2-8-20-36/h1-33H. The highest BCUT2D eigenvalue weighted by molar-refractivity contribution is 6.31. The number of hydrogen-bond acceptors (Lipinski definition) is 3. The zero-order valence-electron chi connectivity index (χ0n) is 30.3. The molecule has 8 aromatic carbocycles. The summed E-state index contributed by atoms with van der Waals surface area (Å²) in [4.78, 5) is 15.8. The van der Waals surface area contributed by atoms with Gasteiger partial charge in [-0.3, -0.25) is 4.57 Å². The molecule has 56 heavy (non-hydrogen) atoms. The molecule has 0 atom stereocenters. The maximum absolute atomic E-state index is 5.34. The van der Waals surface area contributed by atoms with Crippen LogP contribution in [0.4, 0.5) is 0 Å². The van der Waals surface area contributed by atoms with Crippen LogP contribution in [0.2, 0.25) is 0 Å². The number of fused-ring (bicyclic) bond motifs is 7. The Morgan fingerprint density at radius 1 is 0.321 bits per heavy atom. The highest BCUT2D eigenvalue weighted by atomic mass is 15.2. The van der Waals surface area contributed by atoms with Gasteiger partial charge in [0.1, 0.15) is 0 Å². The lowest BCUT2D eigenvalue weighted by molar-refractivity contribution is 0.954. The van der Waals surface area contributed by atoms with Crippen LogP contribution in [-0.2, 0) is 0 Å². The zero-order chi connectivity index (χ0) is 37.0. The normalized spacial score (nSPS) is 11.6. The van der Waals surface area contributed by atoms with Crippen LogP contribution in [0, 0.1) is 0 Å². The van der Waals surface area contributed by atoms with E-state index in [4.69, 9.17) is 15.0 Å². The van der Waals surface area contributed by atoms with Crippen LogP contribution in [0.5, 0.6) is 0 Å². The van der Waals surface area contributed by atoms with E-state index >= 15 is 0 Å². The first-order chi connectivity index (χ1) is 27.8. The minimum Gasteiger partial charge on any atom is -0.309 e. The Kier molecular flexibility index (Phi) is 7.42. The van der Waals surface area contributed by atoms with Gasteiger partial charge in [-0.15, -0.1) is 0 Å². The molecule has 0 saturated heterocycles. The van der Waals surface area contributed by atoms with Gasteiger partial charge >= 0.3 is 0 Å². The lowest BCUT2D eigenvalue weighted by Gasteiger charge is -2.14. The third-order valence-corrected chi connectivity index (χ3v) is 10.8. The molecule has 0 N–H and O–H groups in total. The van der Waals surface area contributed by atoms with Gasteiger partial charge in [-0.05, 0) is 47.0 Å². The summed E-state index contributed by atoms with van der Waals surface area (Å²) in [5.41, 5.74) is 11.9. The largest absolute Gasteiger partial charge is 0.309 e. The molecule has 0 unspecified atom stereocenters. The van der Waals surface area contributed by atoms with Gasteiger partial charge < -0.3 is 4.57 Å². The van der Waals surface area contributed by atoms with Gasteiger partial charge in [0.05, 0.1) is 22.1 Å². The Bertz CT molecular complexity index is 3200. The van der Waals surface area contributed by atoms with E-state index in [1.165, 1.54) is 21.7 Å². The minimum absolute atomic E-state index is 0.565. The molecule has 0 amide bonds. The fraction of sp³-hybridized carbons (Fsp3) is 0. The summed E-state index contributed by atoms with van der Waals surface area (Å²) in [7, 11) is 0. The van der Waals surface area contributed by atoms with Crippen molar-refractivity contribution in [1.82, 2.24) is 24.1 Å². The molecular weight excluding hydrogens is 683 g/mol. The molecule has 0 fully saturated rings. The van der Waals surface area contributed by atoms with Crippen molar-refractivity contribution in [2.45, 2.75) is 0 Å². The van der Waals surface area contributed by atoms with Gasteiger partial charge in [0.15, 0.2) is 11.6 Å². The second-order valence-electron chi connectivity index (χ2n) is 14.0. The van der Waals surface area contributed by atoms with Gasteiger partial charge in [0.25, 0.3) is 0 Å². The summed E-state index contributed by atoms with van der Waals surface area (Å²) in [6, 6.07) is 70.2. The number of nitrogens with zero attached hydrogens (tertiary/aromatic N) is 5. The fourth-order valence-electron chi connectivity index (χ4n) is 8.27. The van der Waals surface area contributed by atoms with Gasteiger partial charge in [0, 0.05) is 43.9 Å². The molecule has 11 rings (SSSR count). The van der Waals surface area contributed by atoms with Crippen molar-refractivity contribution in [2.24, 2.45) is 0 Å². The SMILES string of the molecule is c1ccc(-c2ccc(-c3nc(-c4ccccc4)nc(-n4c5ccccc5c5c6c7ccccc7n(-c7ccccc7)c6cc(-c6ccccc6)c54)n3)cc2)cc1. The molecule has 0 aliphatic rings. The quantitative estimate of drug-likeness (QED) is 0.172. The third kappa shape index (κ3) is 5.13. The molecule has 5 heteroatoms. The van der Waals surface area contributed by atoms with Crippen LogP contribution in [0.3, 0.4) is 0 Å². The third-order valence-electron chi connectivity index (χ3n) is 10.8. The highest BCUT2D eigenvalue weighted by Crippen LogP contribution is 2.46. The van der Waals surface area contributed by atoms with Crippen molar-refractivity contribution in [2.75, 3.05) is 0 Å². The Morgan fingerprint density at radius 3 is 1.39 bits per heavy atom. The number of hydrogen-bond donors (Lipinski definition) is 0. The zero-order valence-corrected chi connectivity index (χ0v) is 30.3. The van der Waals surface area contributed by atoms with Crippen LogP contribution in [0.25, 0.3) is 100 Å². The molecule has 0 radical (unpaired) electrons. The fourth-order valence-corrected chi connectivity index (χ4v) is 8.27. The number of rotatable bonds is 6. The van der Waals surface area contributed by atoms with Crippen molar-refractivity contribution in [3.8, 4) is 56.7 Å². The topological polar surface area (TPSA) is 48.5 Å². The van der Waals surface area contributed by atoms with E-state index in [1.807, 2.05) is 24.3 Å². The number of para-hydroxylation sites is 3. The van der Waals surface area contributed by atoms with Gasteiger partial charge in [-0.2, -0.15) is 9.97 Å². The van der Waals surface area contributed by atoms with Crippen LogP contribution in [-0.4, -0.2) is 24.1 Å². The predicted molar refractivity (Wildman–Crippen MR) is 230 cm³/mol. The van der Waals surface area contributed by atoms with E-state index in [1.54, 1.807) is 0 Å². The summed E-state index contributed by atoms with van der Waals surface area (Å²) in [5.74, 6) is 1.80. The first-order valence-corrected chi connectivity index (χ1v) is 18.9. The second kappa shape index (κ2) is 13.0. The maximum Gasteiger partial charge on any atom is 0.238 e. The molecule has 0 bridgehead atoms. The van der Waals surface area contributed by atoms with E-state index in [0.29, 0.717) is 17.6 Å². The summed E-state index contributed by atoms with van der Waals surface area (Å²) >= 11 is 0. The lowest BCUT2D eigenvalue weighted by Crippen LogP contribution is -2.07. The molecule has 3 aromatic heterocycles. The van der Waals surface area contributed by atoms with Crippen molar-refractivity contribution in [1.29, 1.82) is 0 Å². The van der Waals surface area contributed by atoms with Crippen LogP contribution in [0.1, 0.15) is 0 Å². The second-order valence-corrected chi connectivity index (χ2v) is 14.0. The lowest BCUT2D eigenvalue weighted by atomic mass is 9.98. The smallest absolute Gasteiger partial charge is 0.238 e. The van der Waals surface area contributed by atoms with Crippen molar-refractivity contribution in [3.63, 3.8) is 0 Å². The molecule has 3 heterocycles. The van der Waals surface area contributed by atoms with E-state index in [2.05, 4.69) is 185 Å². The molecule has 0 saturated carbocycles. The van der Waals surface area contributed by atoms with Crippen LogP contribution < -0.4 is 0 Å². The van der Waals surface area contributed by atoms with Gasteiger partial charge in [-0.1, -0.05) is 170 Å². The number of benzene rings is 8. The van der Waals surface area contributed by atoms with E-state index < -0.39 is 0 Å². The summed E-state index contributed by atoms with van der Waals surface area (Å²) in [6.45, 7) is 0. The van der Waals surface area contributed by atoms with E-state index in [-0.39, 0.29) is 0 Å². The van der Waals surface area contributed by atoms with Crippen molar-refractivity contribution < 1.29 is 0 Å². The molecule has 0 spiro atoms. The first kappa shape index (κ1) is 31.9. The molecule has 5 nitrogen and oxygen atoms in total. The Morgan fingerprint density at radius 2 is 0.768 bits per heavy atom. The monoisotopic (exact) mass is 715 g/mol.